The van der Waals surface area contributed by atoms with E-state index in [1.54, 1.807) is 63.2 Å². The molecule has 0 aliphatic heterocycles. The van der Waals surface area contributed by atoms with E-state index in [9.17, 15) is 14.4 Å². The number of carbonyl (C=O) groups is 1. The van der Waals surface area contributed by atoms with Crippen molar-refractivity contribution < 1.29 is 14.3 Å². The Balaban J connectivity index is 2.07. The van der Waals surface area contributed by atoms with Crippen molar-refractivity contribution in [1.29, 1.82) is 0 Å². The van der Waals surface area contributed by atoms with Crippen LogP contribution in [0, 0.1) is 0 Å². The van der Waals surface area contributed by atoms with Gasteiger partial charge in [-0.3, -0.25) is 18.7 Å². The van der Waals surface area contributed by atoms with Gasteiger partial charge in [-0.05, 0) is 45.0 Å². The van der Waals surface area contributed by atoms with E-state index in [2.05, 4.69) is 5.32 Å². The van der Waals surface area contributed by atoms with Gasteiger partial charge in [-0.2, -0.15) is 0 Å². The summed E-state index contributed by atoms with van der Waals surface area (Å²) in [6, 6.07) is 10.6. The van der Waals surface area contributed by atoms with Crippen molar-refractivity contribution in [1.82, 2.24) is 9.13 Å². The van der Waals surface area contributed by atoms with Crippen molar-refractivity contribution in [3.8, 4) is 11.5 Å². The normalized spacial score (nSPS) is 12.1. The Kier molecular flexibility index (Phi) is 5.96. The van der Waals surface area contributed by atoms with E-state index >= 15 is 0 Å². The summed E-state index contributed by atoms with van der Waals surface area (Å²) in [5.74, 6) is 0.608. The van der Waals surface area contributed by atoms with E-state index in [4.69, 9.17) is 9.47 Å². The molecule has 30 heavy (non-hydrogen) atoms. The maximum atomic E-state index is 13.1. The summed E-state index contributed by atoms with van der Waals surface area (Å²) in [6.45, 7) is 5.14. The minimum Gasteiger partial charge on any atom is -0.493 e. The van der Waals surface area contributed by atoms with Gasteiger partial charge in [-0.15, -0.1) is 0 Å². The maximum absolute atomic E-state index is 13.1. The number of ether oxygens (including phenoxy) is 2. The minimum atomic E-state index is -0.860. The average molecular weight is 411 g/mol. The second kappa shape index (κ2) is 8.44. The van der Waals surface area contributed by atoms with E-state index < -0.39 is 17.6 Å². The van der Waals surface area contributed by atoms with Gasteiger partial charge in [0.25, 0.3) is 5.56 Å². The molecule has 1 aromatic heterocycles. The predicted octanol–water partition coefficient (Wildman–Crippen LogP) is 2.96. The van der Waals surface area contributed by atoms with E-state index in [0.717, 1.165) is 0 Å². The molecule has 0 aliphatic carbocycles. The first-order valence-corrected chi connectivity index (χ1v) is 9.58. The molecular formula is C22H25N3O5. The van der Waals surface area contributed by atoms with Gasteiger partial charge in [0, 0.05) is 17.8 Å². The summed E-state index contributed by atoms with van der Waals surface area (Å²) < 4.78 is 13.0. The third kappa shape index (κ3) is 3.68. The summed E-state index contributed by atoms with van der Waals surface area (Å²) in [4.78, 5) is 38.9. The van der Waals surface area contributed by atoms with Gasteiger partial charge in [0.15, 0.2) is 11.5 Å². The Hall–Kier alpha value is -3.55. The number of methoxy groups -OCH3 is 2. The number of para-hydroxylation sites is 1. The molecule has 158 valence electrons. The molecule has 1 amide bonds. The van der Waals surface area contributed by atoms with Crippen LogP contribution in [-0.2, 0) is 4.79 Å². The molecule has 2 aromatic carbocycles. The molecule has 1 atom stereocenters. The minimum absolute atomic E-state index is 0.345. The average Bonchev–Trinajstić information content (AvgIpc) is 2.73. The summed E-state index contributed by atoms with van der Waals surface area (Å²) in [5.41, 5.74) is 0.0245. The second-order valence-electron chi connectivity index (χ2n) is 7.17. The molecule has 1 heterocycles. The van der Waals surface area contributed by atoms with Crippen LogP contribution in [0.15, 0.2) is 52.1 Å². The van der Waals surface area contributed by atoms with Crippen molar-refractivity contribution in [2.24, 2.45) is 0 Å². The Morgan fingerprint density at radius 3 is 2.23 bits per heavy atom. The van der Waals surface area contributed by atoms with Gasteiger partial charge in [0.05, 0.1) is 25.1 Å². The molecule has 8 nitrogen and oxygen atoms in total. The zero-order chi connectivity index (χ0) is 22.0. The van der Waals surface area contributed by atoms with Crippen LogP contribution >= 0.6 is 0 Å². The van der Waals surface area contributed by atoms with E-state index in [0.29, 0.717) is 28.1 Å². The van der Waals surface area contributed by atoms with E-state index in [1.165, 1.54) is 23.4 Å². The summed E-state index contributed by atoms with van der Waals surface area (Å²) in [5, 5.41) is 3.19. The number of benzene rings is 2. The third-order valence-corrected chi connectivity index (χ3v) is 4.96. The lowest BCUT2D eigenvalue weighted by atomic mass is 10.2. The standard InChI is InChI=1S/C22H25N3O5/c1-13(2)24-21(27)16-8-6-7-9-17(16)25(22(24)28)14(3)20(26)23-15-10-11-18(29-4)19(12-15)30-5/h6-14H,1-5H3,(H,23,26). The molecule has 1 N–H and O–H groups in total. The van der Waals surface area contributed by atoms with E-state index in [1.807, 2.05) is 0 Å². The highest BCUT2D eigenvalue weighted by Gasteiger charge is 2.23. The maximum Gasteiger partial charge on any atom is 0.332 e. The lowest BCUT2D eigenvalue weighted by Gasteiger charge is -2.21. The molecule has 0 saturated heterocycles. The molecule has 8 heteroatoms. The van der Waals surface area contributed by atoms with Crippen LogP contribution in [0.1, 0.15) is 32.9 Å². The van der Waals surface area contributed by atoms with Crippen LogP contribution < -0.4 is 26.0 Å². The predicted molar refractivity (Wildman–Crippen MR) is 116 cm³/mol. The topological polar surface area (TPSA) is 91.6 Å². The van der Waals surface area contributed by atoms with Gasteiger partial charge in [0.1, 0.15) is 6.04 Å². The lowest BCUT2D eigenvalue weighted by Crippen LogP contribution is -2.44. The van der Waals surface area contributed by atoms with Crippen LogP contribution in [0.5, 0.6) is 11.5 Å². The summed E-state index contributed by atoms with van der Waals surface area (Å²) >= 11 is 0. The summed E-state index contributed by atoms with van der Waals surface area (Å²) in [6.07, 6.45) is 0. The lowest BCUT2D eigenvalue weighted by molar-refractivity contribution is -0.118. The Labute approximate surface area is 173 Å². The smallest absolute Gasteiger partial charge is 0.332 e. The molecule has 3 rings (SSSR count). The van der Waals surface area contributed by atoms with Gasteiger partial charge in [-0.1, -0.05) is 12.1 Å². The Morgan fingerprint density at radius 1 is 0.933 bits per heavy atom. The van der Waals surface area contributed by atoms with Crippen molar-refractivity contribution in [3.05, 3.63) is 63.3 Å². The monoisotopic (exact) mass is 411 g/mol. The largest absolute Gasteiger partial charge is 0.493 e. The number of fused-ring (bicyclic) bond motifs is 1. The molecule has 3 aromatic rings. The van der Waals surface area contributed by atoms with Crippen LogP contribution in [-0.4, -0.2) is 29.3 Å². The molecular weight excluding hydrogens is 386 g/mol. The van der Waals surface area contributed by atoms with Crippen molar-refractivity contribution in [2.75, 3.05) is 19.5 Å². The van der Waals surface area contributed by atoms with Crippen LogP contribution in [0.25, 0.3) is 10.9 Å². The molecule has 0 saturated carbocycles. The van der Waals surface area contributed by atoms with Crippen molar-refractivity contribution in [3.63, 3.8) is 0 Å². The number of anilines is 1. The zero-order valence-corrected chi connectivity index (χ0v) is 17.6. The highest BCUT2D eigenvalue weighted by atomic mass is 16.5. The SMILES string of the molecule is COc1ccc(NC(=O)C(C)n2c(=O)n(C(C)C)c(=O)c3ccccc32)cc1OC. The van der Waals surface area contributed by atoms with Gasteiger partial charge < -0.3 is 14.8 Å². The fourth-order valence-electron chi connectivity index (χ4n) is 3.41. The number of nitrogens with one attached hydrogen (secondary N) is 1. The van der Waals surface area contributed by atoms with Gasteiger partial charge >= 0.3 is 5.69 Å². The first-order valence-electron chi connectivity index (χ1n) is 9.58. The molecule has 1 unspecified atom stereocenters. The number of rotatable bonds is 6. The number of hydrogen-bond acceptors (Lipinski definition) is 5. The molecule has 0 fully saturated rings. The highest BCUT2D eigenvalue weighted by molar-refractivity contribution is 5.95. The second-order valence-corrected chi connectivity index (χ2v) is 7.17. The Morgan fingerprint density at radius 2 is 1.60 bits per heavy atom. The number of amides is 1. The fraction of sp³-hybridized carbons (Fsp3) is 0.318. The number of carbonyl (C=O) groups excluding carboxylic acids is 1. The number of hydrogen-bond donors (Lipinski definition) is 1. The van der Waals surface area contributed by atoms with Crippen molar-refractivity contribution in [2.45, 2.75) is 32.9 Å². The zero-order valence-electron chi connectivity index (χ0n) is 17.6. The number of nitrogens with zero attached hydrogens (tertiary/aromatic N) is 2. The first kappa shape index (κ1) is 21.2. The summed E-state index contributed by atoms with van der Waals surface area (Å²) in [7, 11) is 3.03. The molecule has 0 bridgehead atoms. The molecule has 0 radical (unpaired) electrons. The number of aromatic nitrogens is 2. The molecule has 0 aliphatic rings. The Bertz CT molecular complexity index is 1210. The fourth-order valence-corrected chi connectivity index (χ4v) is 3.41. The quantitative estimate of drug-likeness (QED) is 0.673. The molecule has 0 spiro atoms. The van der Waals surface area contributed by atoms with Crippen LogP contribution in [0.3, 0.4) is 0 Å². The van der Waals surface area contributed by atoms with Crippen molar-refractivity contribution >= 4 is 22.5 Å². The third-order valence-electron chi connectivity index (χ3n) is 4.96. The highest BCUT2D eigenvalue weighted by Crippen LogP contribution is 2.30. The van der Waals surface area contributed by atoms with E-state index in [-0.39, 0.29) is 11.6 Å². The van der Waals surface area contributed by atoms with Crippen LogP contribution in [0.2, 0.25) is 0 Å². The van der Waals surface area contributed by atoms with Gasteiger partial charge in [0.2, 0.25) is 5.91 Å². The van der Waals surface area contributed by atoms with Gasteiger partial charge in [-0.25, -0.2) is 4.79 Å². The first-order chi connectivity index (χ1) is 14.3. The van der Waals surface area contributed by atoms with Crippen LogP contribution in [0.4, 0.5) is 5.69 Å².